The lowest BCUT2D eigenvalue weighted by molar-refractivity contribution is 0.795. The zero-order valence-electron chi connectivity index (χ0n) is 10.6. The molecule has 0 bridgehead atoms. The highest BCUT2D eigenvalue weighted by molar-refractivity contribution is 6.31. The summed E-state index contributed by atoms with van der Waals surface area (Å²) in [5.41, 5.74) is 11.0. The van der Waals surface area contributed by atoms with E-state index in [1.165, 1.54) is 11.1 Å². The number of halogens is 1. The van der Waals surface area contributed by atoms with Gasteiger partial charge in [0.25, 0.3) is 0 Å². The van der Waals surface area contributed by atoms with Gasteiger partial charge in [-0.25, -0.2) is 5.43 Å². The molecule has 0 aliphatic heterocycles. The standard InChI is InChI=1S/C15H17ClN2/c1-11-9-15(16)12(2)8-13(11)10-17-18-14-6-4-3-5-7-14/h3-9,17-18H,10H2,1-2H3. The molecule has 0 amide bonds. The summed E-state index contributed by atoms with van der Waals surface area (Å²) in [5.74, 6) is 0. The number of hydrogen-bond donors (Lipinski definition) is 2. The first-order valence-corrected chi connectivity index (χ1v) is 6.34. The van der Waals surface area contributed by atoms with E-state index in [-0.39, 0.29) is 0 Å². The maximum atomic E-state index is 6.08. The van der Waals surface area contributed by atoms with Crippen LogP contribution in [0.15, 0.2) is 42.5 Å². The van der Waals surface area contributed by atoms with Crippen LogP contribution in [0.1, 0.15) is 16.7 Å². The second-order valence-electron chi connectivity index (χ2n) is 4.37. The number of anilines is 1. The van der Waals surface area contributed by atoms with Gasteiger partial charge in [0.15, 0.2) is 0 Å². The number of rotatable bonds is 4. The summed E-state index contributed by atoms with van der Waals surface area (Å²) in [6, 6.07) is 14.2. The van der Waals surface area contributed by atoms with E-state index >= 15 is 0 Å². The third-order valence-corrected chi connectivity index (χ3v) is 3.31. The average molecular weight is 261 g/mol. The van der Waals surface area contributed by atoms with Crippen LogP contribution in [0.5, 0.6) is 0 Å². The van der Waals surface area contributed by atoms with Crippen molar-refractivity contribution < 1.29 is 0 Å². The van der Waals surface area contributed by atoms with Gasteiger partial charge in [-0.15, -0.1) is 0 Å². The molecule has 2 nitrogen and oxygen atoms in total. The fraction of sp³-hybridized carbons (Fsp3) is 0.200. The molecule has 94 valence electrons. The lowest BCUT2D eigenvalue weighted by Crippen LogP contribution is -2.21. The molecule has 0 aromatic heterocycles. The number of para-hydroxylation sites is 1. The molecular weight excluding hydrogens is 244 g/mol. The second kappa shape index (κ2) is 5.89. The van der Waals surface area contributed by atoms with Crippen LogP contribution in [0.25, 0.3) is 0 Å². The molecule has 0 heterocycles. The van der Waals surface area contributed by atoms with E-state index in [9.17, 15) is 0 Å². The lowest BCUT2D eigenvalue weighted by atomic mass is 10.1. The Bertz CT molecular complexity index is 524. The minimum Gasteiger partial charge on any atom is -0.321 e. The lowest BCUT2D eigenvalue weighted by Gasteiger charge is -2.11. The first-order chi connectivity index (χ1) is 8.66. The molecule has 0 saturated carbocycles. The van der Waals surface area contributed by atoms with Gasteiger partial charge < -0.3 is 5.43 Å². The topological polar surface area (TPSA) is 24.1 Å². The predicted molar refractivity (Wildman–Crippen MR) is 77.8 cm³/mol. The van der Waals surface area contributed by atoms with Gasteiger partial charge in [-0.2, -0.15) is 0 Å². The predicted octanol–water partition coefficient (Wildman–Crippen LogP) is 4.07. The smallest absolute Gasteiger partial charge is 0.0487 e. The van der Waals surface area contributed by atoms with Crippen LogP contribution in [0.4, 0.5) is 5.69 Å². The first-order valence-electron chi connectivity index (χ1n) is 5.96. The number of nitrogens with one attached hydrogen (secondary N) is 2. The Hall–Kier alpha value is -1.51. The summed E-state index contributed by atoms with van der Waals surface area (Å²) >= 11 is 6.08. The maximum absolute atomic E-state index is 6.08. The summed E-state index contributed by atoms with van der Waals surface area (Å²) in [5, 5.41) is 0.826. The monoisotopic (exact) mass is 260 g/mol. The molecule has 0 unspecified atom stereocenters. The second-order valence-corrected chi connectivity index (χ2v) is 4.78. The highest BCUT2D eigenvalue weighted by atomic mass is 35.5. The van der Waals surface area contributed by atoms with Crippen molar-refractivity contribution in [3.8, 4) is 0 Å². The molecule has 18 heavy (non-hydrogen) atoms. The van der Waals surface area contributed by atoms with E-state index in [1.807, 2.05) is 43.3 Å². The first kappa shape index (κ1) is 12.9. The number of hydrazine groups is 1. The molecule has 2 N–H and O–H groups in total. The molecule has 3 heteroatoms. The molecule has 0 saturated heterocycles. The van der Waals surface area contributed by atoms with Crippen LogP contribution in [0.2, 0.25) is 5.02 Å². The third kappa shape index (κ3) is 3.25. The molecular formula is C15H17ClN2. The van der Waals surface area contributed by atoms with Crippen LogP contribution in [0.3, 0.4) is 0 Å². The Labute approximate surface area is 113 Å². The summed E-state index contributed by atoms with van der Waals surface area (Å²) in [4.78, 5) is 0. The van der Waals surface area contributed by atoms with Crippen molar-refractivity contribution in [3.63, 3.8) is 0 Å². The zero-order chi connectivity index (χ0) is 13.0. The van der Waals surface area contributed by atoms with Crippen molar-refractivity contribution in [1.82, 2.24) is 5.43 Å². The number of aryl methyl sites for hydroxylation is 2. The molecule has 0 spiro atoms. The van der Waals surface area contributed by atoms with Crippen LogP contribution >= 0.6 is 11.6 Å². The minimum absolute atomic E-state index is 0.763. The van der Waals surface area contributed by atoms with E-state index in [0.29, 0.717) is 0 Å². The Balaban J connectivity index is 1.97. The van der Waals surface area contributed by atoms with Gasteiger partial charge >= 0.3 is 0 Å². The molecule has 0 fully saturated rings. The summed E-state index contributed by atoms with van der Waals surface area (Å²) in [6.07, 6.45) is 0. The quantitative estimate of drug-likeness (QED) is 0.810. The molecule has 0 radical (unpaired) electrons. The highest BCUT2D eigenvalue weighted by Crippen LogP contribution is 2.20. The number of benzene rings is 2. The van der Waals surface area contributed by atoms with Gasteiger partial charge in [0.2, 0.25) is 0 Å². The van der Waals surface area contributed by atoms with Gasteiger partial charge in [0.1, 0.15) is 0 Å². The van der Waals surface area contributed by atoms with Crippen molar-refractivity contribution in [3.05, 3.63) is 64.2 Å². The van der Waals surface area contributed by atoms with Crippen LogP contribution < -0.4 is 10.9 Å². The molecule has 2 aromatic rings. The average Bonchev–Trinajstić information content (AvgIpc) is 2.37. The van der Waals surface area contributed by atoms with E-state index in [2.05, 4.69) is 23.8 Å². The Kier molecular flexibility index (Phi) is 4.24. The van der Waals surface area contributed by atoms with Crippen molar-refractivity contribution in [2.75, 3.05) is 5.43 Å². The third-order valence-electron chi connectivity index (χ3n) is 2.90. The molecule has 0 aliphatic carbocycles. The fourth-order valence-electron chi connectivity index (χ4n) is 1.79. The molecule has 0 atom stereocenters. The minimum atomic E-state index is 0.763. The number of hydrogen-bond acceptors (Lipinski definition) is 2. The summed E-state index contributed by atoms with van der Waals surface area (Å²) in [6.45, 7) is 4.86. The molecule has 2 aromatic carbocycles. The van der Waals surface area contributed by atoms with Gasteiger partial charge in [-0.3, -0.25) is 0 Å². The van der Waals surface area contributed by atoms with Gasteiger partial charge in [0, 0.05) is 17.3 Å². The van der Waals surface area contributed by atoms with E-state index in [4.69, 9.17) is 11.6 Å². The Morgan fingerprint density at radius 2 is 1.72 bits per heavy atom. The van der Waals surface area contributed by atoms with Crippen LogP contribution in [0, 0.1) is 13.8 Å². The van der Waals surface area contributed by atoms with Crippen molar-refractivity contribution in [2.45, 2.75) is 20.4 Å². The molecule has 0 aliphatic rings. The van der Waals surface area contributed by atoms with Crippen molar-refractivity contribution in [2.24, 2.45) is 0 Å². The Morgan fingerprint density at radius 1 is 1.00 bits per heavy atom. The summed E-state index contributed by atoms with van der Waals surface area (Å²) in [7, 11) is 0. The normalized spacial score (nSPS) is 10.4. The maximum Gasteiger partial charge on any atom is 0.0487 e. The zero-order valence-corrected chi connectivity index (χ0v) is 11.4. The van der Waals surface area contributed by atoms with Crippen LogP contribution in [-0.4, -0.2) is 0 Å². The van der Waals surface area contributed by atoms with Gasteiger partial charge in [-0.05, 0) is 48.7 Å². The fourth-order valence-corrected chi connectivity index (χ4v) is 2.01. The van der Waals surface area contributed by atoms with Crippen LogP contribution in [-0.2, 0) is 6.54 Å². The van der Waals surface area contributed by atoms with Crippen molar-refractivity contribution in [1.29, 1.82) is 0 Å². The Morgan fingerprint density at radius 3 is 2.44 bits per heavy atom. The van der Waals surface area contributed by atoms with E-state index < -0.39 is 0 Å². The SMILES string of the molecule is Cc1cc(CNNc2ccccc2)c(C)cc1Cl. The van der Waals surface area contributed by atoms with E-state index in [1.54, 1.807) is 0 Å². The highest BCUT2D eigenvalue weighted by Gasteiger charge is 2.02. The van der Waals surface area contributed by atoms with E-state index in [0.717, 1.165) is 22.8 Å². The largest absolute Gasteiger partial charge is 0.321 e. The van der Waals surface area contributed by atoms with Gasteiger partial charge in [-0.1, -0.05) is 35.9 Å². The van der Waals surface area contributed by atoms with Gasteiger partial charge in [0.05, 0.1) is 0 Å². The summed E-state index contributed by atoms with van der Waals surface area (Å²) < 4.78 is 0. The van der Waals surface area contributed by atoms with Crippen molar-refractivity contribution >= 4 is 17.3 Å². The molecule has 2 rings (SSSR count).